The van der Waals surface area contributed by atoms with E-state index in [0.717, 1.165) is 33.7 Å². The number of alkyl halides is 3. The fraction of sp³-hybridized carbons (Fsp3) is 0.240. The van der Waals surface area contributed by atoms with Gasteiger partial charge in [0.2, 0.25) is 5.91 Å². The number of hydrogen-bond donors (Lipinski definition) is 1. The van der Waals surface area contributed by atoms with Gasteiger partial charge < -0.3 is 9.32 Å². The summed E-state index contributed by atoms with van der Waals surface area (Å²) in [5.74, 6) is -0.502. The first kappa shape index (κ1) is 22.3. The number of fused-ring (bicyclic) bond motifs is 1. The fourth-order valence-electron chi connectivity index (χ4n) is 4.57. The number of pyridine rings is 1. The van der Waals surface area contributed by atoms with Crippen molar-refractivity contribution in [1.29, 1.82) is 5.41 Å². The van der Waals surface area contributed by atoms with Crippen LogP contribution in [0.5, 0.6) is 0 Å². The third-order valence-corrected chi connectivity index (χ3v) is 7.72. The smallest absolute Gasteiger partial charge is 0.417 e. The zero-order valence-corrected chi connectivity index (χ0v) is 19.1. The highest BCUT2D eigenvalue weighted by atomic mass is 32.1. The molecule has 1 fully saturated rings. The minimum absolute atomic E-state index is 0.177. The van der Waals surface area contributed by atoms with Gasteiger partial charge in [-0.15, -0.1) is 11.3 Å². The number of amides is 1. The van der Waals surface area contributed by atoms with Crippen LogP contribution in [0.3, 0.4) is 0 Å². The Bertz CT molecular complexity index is 1410. The number of thiophene rings is 1. The monoisotopic (exact) mass is 483 g/mol. The lowest BCUT2D eigenvalue weighted by Crippen LogP contribution is -2.51. The molecule has 3 aromatic heterocycles. The summed E-state index contributed by atoms with van der Waals surface area (Å²) in [5, 5.41) is 11.1. The molecule has 1 saturated heterocycles. The molecule has 1 unspecified atom stereocenters. The number of piperidine rings is 1. The Morgan fingerprint density at radius 1 is 1.21 bits per heavy atom. The molecule has 5 nitrogen and oxygen atoms in total. The molecule has 5 rings (SSSR count). The van der Waals surface area contributed by atoms with Crippen molar-refractivity contribution >= 4 is 34.0 Å². The van der Waals surface area contributed by atoms with Crippen LogP contribution in [0.25, 0.3) is 22.2 Å². The Morgan fingerprint density at radius 3 is 2.71 bits per heavy atom. The molecule has 0 radical (unpaired) electrons. The van der Waals surface area contributed by atoms with Gasteiger partial charge in [0.25, 0.3) is 0 Å². The van der Waals surface area contributed by atoms with Gasteiger partial charge in [-0.1, -0.05) is 13.0 Å². The van der Waals surface area contributed by atoms with Crippen molar-refractivity contribution < 1.29 is 22.4 Å². The average molecular weight is 484 g/mol. The van der Waals surface area contributed by atoms with Crippen molar-refractivity contribution in [3.63, 3.8) is 0 Å². The molecule has 0 saturated carbocycles. The predicted molar refractivity (Wildman–Crippen MR) is 124 cm³/mol. The summed E-state index contributed by atoms with van der Waals surface area (Å²) < 4.78 is 44.2. The number of amidine groups is 1. The summed E-state index contributed by atoms with van der Waals surface area (Å²) in [7, 11) is 1.61. The molecule has 0 aliphatic carbocycles. The van der Waals surface area contributed by atoms with E-state index in [1.807, 2.05) is 42.6 Å². The van der Waals surface area contributed by atoms with E-state index in [0.29, 0.717) is 17.7 Å². The lowest BCUT2D eigenvalue weighted by atomic mass is 9.67. The first-order valence-electron chi connectivity index (χ1n) is 10.5. The summed E-state index contributed by atoms with van der Waals surface area (Å²) in [6, 6.07) is 11.7. The summed E-state index contributed by atoms with van der Waals surface area (Å²) >= 11 is 1.42. The van der Waals surface area contributed by atoms with Crippen LogP contribution in [0.4, 0.5) is 13.2 Å². The van der Waals surface area contributed by atoms with E-state index in [4.69, 9.17) is 9.83 Å². The number of benzene rings is 1. The summed E-state index contributed by atoms with van der Waals surface area (Å²) in [6.07, 6.45) is -1.69. The van der Waals surface area contributed by atoms with Gasteiger partial charge >= 0.3 is 6.18 Å². The molecule has 9 heteroatoms. The molecule has 1 amide bonds. The van der Waals surface area contributed by atoms with Gasteiger partial charge in [-0.25, -0.2) is 0 Å². The SMILES string of the molecule is CN1C(=N)C[C@](C)(c2cc(-c3ccc(C(F)(F)F)cn3)cs2)C(c2ccc3occc3c2)C1=O. The number of hydrogen-bond acceptors (Lipinski definition) is 5. The average Bonchev–Trinajstić information content (AvgIpc) is 3.47. The van der Waals surface area contributed by atoms with E-state index >= 15 is 0 Å². The molecule has 0 bridgehead atoms. The highest BCUT2D eigenvalue weighted by molar-refractivity contribution is 7.10. The van der Waals surface area contributed by atoms with Gasteiger partial charge in [-0.05, 0) is 42.0 Å². The van der Waals surface area contributed by atoms with E-state index < -0.39 is 23.1 Å². The van der Waals surface area contributed by atoms with Gasteiger partial charge in [0.1, 0.15) is 11.4 Å². The number of likely N-dealkylation sites (N-methyl/N-ethyl adjacent to an activating group) is 1. The van der Waals surface area contributed by atoms with Crippen LogP contribution < -0.4 is 0 Å². The van der Waals surface area contributed by atoms with Crippen LogP contribution >= 0.6 is 11.3 Å². The number of rotatable bonds is 3. The van der Waals surface area contributed by atoms with Crippen LogP contribution in [0.1, 0.15) is 35.3 Å². The van der Waals surface area contributed by atoms with E-state index in [2.05, 4.69) is 4.98 Å². The number of nitrogens with one attached hydrogen (secondary N) is 1. The zero-order valence-electron chi connectivity index (χ0n) is 18.3. The molecule has 0 spiro atoms. The number of furan rings is 1. The maximum absolute atomic E-state index is 13.5. The molecule has 4 aromatic rings. The van der Waals surface area contributed by atoms with Crippen LogP contribution in [0.15, 0.2) is 64.7 Å². The third kappa shape index (κ3) is 3.60. The van der Waals surface area contributed by atoms with Gasteiger partial charge in [0.05, 0.1) is 23.4 Å². The zero-order chi connectivity index (χ0) is 24.3. The molecule has 174 valence electrons. The van der Waals surface area contributed by atoms with Crippen molar-refractivity contribution in [3.8, 4) is 11.3 Å². The number of likely N-dealkylation sites (tertiary alicyclic amines) is 1. The number of carbonyl (C=O) groups is 1. The van der Waals surface area contributed by atoms with Gasteiger partial charge in [0.15, 0.2) is 0 Å². The Labute approximate surface area is 197 Å². The molecule has 1 N–H and O–H groups in total. The molecule has 1 aromatic carbocycles. The van der Waals surface area contributed by atoms with E-state index in [9.17, 15) is 18.0 Å². The lowest BCUT2D eigenvalue weighted by molar-refractivity contribution is -0.137. The van der Waals surface area contributed by atoms with Gasteiger partial charge in [0, 0.05) is 46.3 Å². The number of halogens is 3. The maximum atomic E-state index is 13.5. The number of aromatic nitrogens is 1. The standard InChI is InChI=1S/C25H20F3N3O2S/c1-24(20-10-16(13-34-20)18-5-4-17(12-30-18)25(26,27)28)11-21(29)31(2)23(32)22(24)15-3-6-19-14(9-15)7-8-33-19/h3-10,12-13,22,29H,11H2,1-2H3/t22?,24-/m1/s1. The molecular formula is C25H20F3N3O2S. The molecule has 4 heterocycles. The normalized spacial score (nSPS) is 21.4. The molecular weight excluding hydrogens is 463 g/mol. The molecule has 2 atom stereocenters. The summed E-state index contributed by atoms with van der Waals surface area (Å²) in [5.41, 5.74) is 1.13. The first-order chi connectivity index (χ1) is 16.1. The van der Waals surface area contributed by atoms with Crippen LogP contribution in [0.2, 0.25) is 0 Å². The van der Waals surface area contributed by atoms with E-state index in [1.54, 1.807) is 13.3 Å². The second-order valence-electron chi connectivity index (χ2n) is 8.72. The topological polar surface area (TPSA) is 70.2 Å². The number of nitrogens with zero attached hydrogens (tertiary/aromatic N) is 2. The Morgan fingerprint density at radius 2 is 2.00 bits per heavy atom. The summed E-state index contributed by atoms with van der Waals surface area (Å²) in [6.45, 7) is 1.96. The highest BCUT2D eigenvalue weighted by Gasteiger charge is 2.49. The largest absolute Gasteiger partial charge is 0.464 e. The quantitative estimate of drug-likeness (QED) is 0.364. The third-order valence-electron chi connectivity index (χ3n) is 6.51. The highest BCUT2D eigenvalue weighted by Crippen LogP contribution is 2.49. The Balaban J connectivity index is 1.57. The van der Waals surface area contributed by atoms with E-state index in [-0.39, 0.29) is 11.7 Å². The Kier molecular flexibility index (Phi) is 5.12. The fourth-order valence-corrected chi connectivity index (χ4v) is 5.67. The molecule has 1 aliphatic rings. The van der Waals surface area contributed by atoms with Crippen LogP contribution in [0, 0.1) is 5.41 Å². The van der Waals surface area contributed by atoms with Gasteiger partial charge in [-0.2, -0.15) is 13.2 Å². The predicted octanol–water partition coefficient (Wildman–Crippen LogP) is 6.46. The van der Waals surface area contributed by atoms with Crippen molar-refractivity contribution in [1.82, 2.24) is 9.88 Å². The molecule has 1 aliphatic heterocycles. The van der Waals surface area contributed by atoms with Gasteiger partial charge in [-0.3, -0.25) is 15.2 Å². The first-order valence-corrected chi connectivity index (χ1v) is 11.4. The van der Waals surface area contributed by atoms with Crippen molar-refractivity contribution in [2.45, 2.75) is 30.9 Å². The van der Waals surface area contributed by atoms with Crippen LogP contribution in [-0.2, 0) is 16.4 Å². The minimum atomic E-state index is -4.45. The lowest BCUT2D eigenvalue weighted by Gasteiger charge is -2.44. The van der Waals surface area contributed by atoms with Crippen molar-refractivity contribution in [2.24, 2.45) is 0 Å². The second kappa shape index (κ2) is 7.80. The van der Waals surface area contributed by atoms with Crippen molar-refractivity contribution in [3.05, 3.63) is 76.3 Å². The Hall–Kier alpha value is -3.46. The van der Waals surface area contributed by atoms with E-state index in [1.165, 1.54) is 22.3 Å². The van der Waals surface area contributed by atoms with Crippen molar-refractivity contribution in [2.75, 3.05) is 7.05 Å². The summed E-state index contributed by atoms with van der Waals surface area (Å²) in [4.78, 5) is 19.7. The minimum Gasteiger partial charge on any atom is -0.464 e. The number of carbonyl (C=O) groups excluding carboxylic acids is 1. The maximum Gasteiger partial charge on any atom is 0.417 e. The second-order valence-corrected chi connectivity index (χ2v) is 9.63. The van der Waals surface area contributed by atoms with Crippen LogP contribution in [-0.4, -0.2) is 28.7 Å². The molecule has 34 heavy (non-hydrogen) atoms.